The summed E-state index contributed by atoms with van der Waals surface area (Å²) in [5, 5.41) is 4.12. The van der Waals surface area contributed by atoms with Gasteiger partial charge in [-0.3, -0.25) is 9.59 Å². The summed E-state index contributed by atoms with van der Waals surface area (Å²) in [6, 6.07) is 35.6. The molecule has 1 heterocycles. The number of hydrogen-bond donors (Lipinski definition) is 0. The van der Waals surface area contributed by atoms with E-state index in [-0.39, 0.29) is 18.4 Å². The van der Waals surface area contributed by atoms with Crippen LogP contribution in [0.25, 0.3) is 44.8 Å². The topological polar surface area (TPSA) is 52.6 Å². The van der Waals surface area contributed by atoms with Crippen molar-refractivity contribution < 1.29 is 19.1 Å². The van der Waals surface area contributed by atoms with E-state index in [0.29, 0.717) is 11.1 Å². The van der Waals surface area contributed by atoms with E-state index in [0.717, 1.165) is 66.4 Å². The lowest BCUT2D eigenvalue weighted by atomic mass is 9.91. The molecule has 4 nitrogen and oxygen atoms in total. The van der Waals surface area contributed by atoms with Crippen LogP contribution in [0.2, 0.25) is 0 Å². The fraction of sp³-hybridized carbons (Fsp3) is 0.0732. The average molecular weight is 587 g/mol. The van der Waals surface area contributed by atoms with Crippen LogP contribution >= 0.6 is 0 Å². The molecule has 0 saturated carbocycles. The maximum absolute atomic E-state index is 12.7. The van der Waals surface area contributed by atoms with Crippen molar-refractivity contribution in [1.29, 1.82) is 0 Å². The van der Waals surface area contributed by atoms with Crippen molar-refractivity contribution in [3.05, 3.63) is 155 Å². The molecule has 6 aromatic rings. The number of benzene rings is 6. The average Bonchev–Trinajstić information content (AvgIpc) is 3.26. The number of ketones is 2. The molecule has 0 saturated heterocycles. The van der Waals surface area contributed by atoms with E-state index in [2.05, 4.69) is 24.3 Å². The molecule has 0 spiro atoms. The molecule has 0 aliphatic carbocycles. The summed E-state index contributed by atoms with van der Waals surface area (Å²) < 4.78 is 12.1. The molecular weight excluding hydrogens is 556 g/mol. The smallest absolute Gasteiger partial charge is 0.230 e. The van der Waals surface area contributed by atoms with Crippen LogP contribution in [0, 0.1) is 13.8 Å². The van der Waals surface area contributed by atoms with E-state index in [9.17, 15) is 9.59 Å². The number of aryl methyl sites for hydroxylation is 2. The summed E-state index contributed by atoms with van der Waals surface area (Å²) in [5.41, 5.74) is 7.38. The van der Waals surface area contributed by atoms with Gasteiger partial charge in [-0.2, -0.15) is 0 Å². The van der Waals surface area contributed by atoms with Gasteiger partial charge in [0.25, 0.3) is 0 Å². The van der Waals surface area contributed by atoms with Gasteiger partial charge in [0.15, 0.2) is 11.6 Å². The summed E-state index contributed by atoms with van der Waals surface area (Å²) in [6.45, 7) is 4.12. The van der Waals surface area contributed by atoms with Crippen molar-refractivity contribution in [3.63, 3.8) is 0 Å². The second kappa shape index (κ2) is 11.7. The standard InChI is InChI=1S/C41H30O4/c1-26-3-11-30(12-4-26)36(42)19-9-28-7-17-34-32(23-28)15-21-38-40(34)41-35-18-8-29(24-33(35)16-22-39(41)45-25-44-38)10-20-37(43)31-13-5-27(2)6-14-31/h3-24H,25H2,1-2H3/b19-9+,20-10+. The molecule has 7 rings (SSSR count). The zero-order valence-electron chi connectivity index (χ0n) is 25.0. The maximum atomic E-state index is 12.7. The highest BCUT2D eigenvalue weighted by molar-refractivity contribution is 6.11. The Morgan fingerprint density at radius 2 is 0.956 bits per heavy atom. The van der Waals surface area contributed by atoms with E-state index >= 15 is 0 Å². The molecule has 0 amide bonds. The number of hydrogen-bond acceptors (Lipinski definition) is 4. The van der Waals surface area contributed by atoms with Crippen molar-refractivity contribution >= 4 is 45.3 Å². The molecule has 0 atom stereocenters. The predicted octanol–water partition coefficient (Wildman–Crippen LogP) is 9.80. The minimum absolute atomic E-state index is 0.0308. The molecule has 1 aliphatic rings. The number of ether oxygens (including phenoxy) is 2. The minimum atomic E-state index is -0.0308. The fourth-order valence-electron chi connectivity index (χ4n) is 5.75. The highest BCUT2D eigenvalue weighted by Crippen LogP contribution is 2.47. The van der Waals surface area contributed by atoms with E-state index in [1.54, 1.807) is 12.2 Å². The van der Waals surface area contributed by atoms with Crippen LogP contribution in [-0.2, 0) is 0 Å². The van der Waals surface area contributed by atoms with Crippen LogP contribution in [0.3, 0.4) is 0 Å². The Kier molecular flexibility index (Phi) is 7.32. The first kappa shape index (κ1) is 28.1. The first-order valence-corrected chi connectivity index (χ1v) is 14.9. The third-order valence-corrected chi connectivity index (χ3v) is 8.22. The van der Waals surface area contributed by atoms with Crippen LogP contribution in [0.4, 0.5) is 0 Å². The highest BCUT2D eigenvalue weighted by atomic mass is 16.7. The molecule has 0 N–H and O–H groups in total. The quantitative estimate of drug-likeness (QED) is 0.144. The van der Waals surface area contributed by atoms with Gasteiger partial charge in [0.2, 0.25) is 6.79 Å². The molecule has 45 heavy (non-hydrogen) atoms. The van der Waals surface area contributed by atoms with Gasteiger partial charge in [-0.05, 0) is 82.9 Å². The highest BCUT2D eigenvalue weighted by Gasteiger charge is 2.22. The Balaban J connectivity index is 1.24. The monoisotopic (exact) mass is 586 g/mol. The van der Waals surface area contributed by atoms with Crippen molar-refractivity contribution in [2.75, 3.05) is 6.79 Å². The SMILES string of the molecule is Cc1ccc(C(=O)/C=C/c2ccc3c4c(ccc3c2)OCOc2ccc3cc(/C=C/C(=O)c5ccc(C)cc5)ccc3c2-4)cc1. The minimum Gasteiger partial charge on any atom is -0.457 e. The van der Waals surface area contributed by atoms with Gasteiger partial charge in [0, 0.05) is 22.3 Å². The van der Waals surface area contributed by atoms with E-state index < -0.39 is 0 Å². The van der Waals surface area contributed by atoms with Crippen molar-refractivity contribution in [2.24, 2.45) is 0 Å². The van der Waals surface area contributed by atoms with Crippen molar-refractivity contribution in [2.45, 2.75) is 13.8 Å². The van der Waals surface area contributed by atoms with E-state index in [1.165, 1.54) is 0 Å². The van der Waals surface area contributed by atoms with E-state index in [4.69, 9.17) is 9.47 Å². The predicted molar refractivity (Wildman–Crippen MR) is 182 cm³/mol. The summed E-state index contributed by atoms with van der Waals surface area (Å²) in [5.74, 6) is 1.44. The first-order chi connectivity index (χ1) is 21.9. The van der Waals surface area contributed by atoms with Crippen molar-refractivity contribution in [1.82, 2.24) is 0 Å². The molecule has 6 aromatic carbocycles. The van der Waals surface area contributed by atoms with Gasteiger partial charge in [0.05, 0.1) is 0 Å². The molecule has 218 valence electrons. The fourth-order valence-corrected chi connectivity index (χ4v) is 5.75. The van der Waals surface area contributed by atoms with Gasteiger partial charge >= 0.3 is 0 Å². The Labute approximate surface area is 261 Å². The molecule has 0 unspecified atom stereocenters. The summed E-state index contributed by atoms with van der Waals surface area (Å²) >= 11 is 0. The largest absolute Gasteiger partial charge is 0.457 e. The second-order valence-corrected chi connectivity index (χ2v) is 11.4. The number of rotatable bonds is 6. The van der Waals surface area contributed by atoms with Crippen LogP contribution in [0.15, 0.2) is 121 Å². The molecule has 4 heteroatoms. The first-order valence-electron chi connectivity index (χ1n) is 14.9. The Morgan fingerprint density at radius 3 is 1.38 bits per heavy atom. The van der Waals surface area contributed by atoms with Crippen LogP contribution < -0.4 is 9.47 Å². The number of carbonyl (C=O) groups excluding carboxylic acids is 2. The lowest BCUT2D eigenvalue weighted by Gasteiger charge is -2.14. The zero-order valence-corrected chi connectivity index (χ0v) is 25.0. The van der Waals surface area contributed by atoms with E-state index in [1.807, 2.05) is 111 Å². The van der Waals surface area contributed by atoms with Gasteiger partial charge in [0.1, 0.15) is 11.5 Å². The van der Waals surface area contributed by atoms with Crippen LogP contribution in [-0.4, -0.2) is 18.4 Å². The number of allylic oxidation sites excluding steroid dienone is 2. The molecule has 0 bridgehead atoms. The lowest BCUT2D eigenvalue weighted by Crippen LogP contribution is -2.03. The summed E-state index contributed by atoms with van der Waals surface area (Å²) in [7, 11) is 0. The van der Waals surface area contributed by atoms with Gasteiger partial charge < -0.3 is 9.47 Å². The maximum Gasteiger partial charge on any atom is 0.230 e. The number of fused-ring (bicyclic) bond motifs is 7. The second-order valence-electron chi connectivity index (χ2n) is 11.4. The van der Waals surface area contributed by atoms with Crippen molar-refractivity contribution in [3.8, 4) is 22.6 Å². The summed E-state index contributed by atoms with van der Waals surface area (Å²) in [6.07, 6.45) is 6.95. The third kappa shape index (κ3) is 5.66. The Morgan fingerprint density at radius 1 is 0.533 bits per heavy atom. The lowest BCUT2D eigenvalue weighted by molar-refractivity contribution is 0.103. The Hall–Kier alpha value is -5.74. The molecule has 1 aliphatic heterocycles. The zero-order chi connectivity index (χ0) is 30.9. The molecular formula is C41H30O4. The normalized spacial score (nSPS) is 12.5. The number of carbonyl (C=O) groups is 2. The molecule has 0 aromatic heterocycles. The summed E-state index contributed by atoms with van der Waals surface area (Å²) in [4.78, 5) is 25.4. The van der Waals surface area contributed by atoms with Crippen LogP contribution in [0.1, 0.15) is 43.0 Å². The third-order valence-electron chi connectivity index (χ3n) is 8.22. The molecule has 0 fully saturated rings. The van der Waals surface area contributed by atoms with Crippen LogP contribution in [0.5, 0.6) is 11.5 Å². The van der Waals surface area contributed by atoms with Gasteiger partial charge in [-0.1, -0.05) is 108 Å². The Bertz CT molecular complexity index is 2010. The molecule has 0 radical (unpaired) electrons. The van der Waals surface area contributed by atoms with Gasteiger partial charge in [-0.15, -0.1) is 0 Å². The van der Waals surface area contributed by atoms with Gasteiger partial charge in [-0.25, -0.2) is 0 Å².